The molecule has 1 heterocycles. The van der Waals surface area contributed by atoms with Crippen molar-refractivity contribution in [1.82, 2.24) is 9.97 Å². The van der Waals surface area contributed by atoms with Crippen LogP contribution >= 0.6 is 15.9 Å². The van der Waals surface area contributed by atoms with Crippen LogP contribution < -0.4 is 5.73 Å². The van der Waals surface area contributed by atoms with Crippen molar-refractivity contribution in [3.63, 3.8) is 0 Å². The number of hydrogen-bond donors (Lipinski definition) is 1. The Morgan fingerprint density at radius 1 is 1.27 bits per heavy atom. The molecule has 5 heteroatoms. The first-order chi connectivity index (χ1) is 10.7. The number of benzene rings is 1. The Bertz CT molecular complexity index is 660. The van der Waals surface area contributed by atoms with Crippen molar-refractivity contribution in [3.05, 3.63) is 41.7 Å². The summed E-state index contributed by atoms with van der Waals surface area (Å²) in [6.45, 7) is 1.43. The molecule has 1 aromatic heterocycles. The van der Waals surface area contributed by atoms with Crippen LogP contribution in [0.3, 0.4) is 0 Å². The first kappa shape index (κ1) is 16.4. The summed E-state index contributed by atoms with van der Waals surface area (Å²) in [4.78, 5) is 9.33. The normalized spacial score (nSPS) is 13.0. The molecule has 1 aromatic carbocycles. The molecule has 1 aliphatic rings. The second-order valence-electron chi connectivity index (χ2n) is 5.10. The summed E-state index contributed by atoms with van der Waals surface area (Å²) in [5.74, 6) is 1.34. The van der Waals surface area contributed by atoms with Gasteiger partial charge in [-0.05, 0) is 12.8 Å². The lowest BCUT2D eigenvalue weighted by Gasteiger charge is -2.11. The van der Waals surface area contributed by atoms with E-state index in [0.717, 1.165) is 40.2 Å². The number of nitrogens with two attached hydrogens (primary N) is 1. The predicted octanol–water partition coefficient (Wildman–Crippen LogP) is 4.07. The summed E-state index contributed by atoms with van der Waals surface area (Å²) >= 11 is 3.46. The van der Waals surface area contributed by atoms with Crippen LogP contribution in [0.15, 0.2) is 30.3 Å². The predicted molar refractivity (Wildman–Crippen MR) is 92.6 cm³/mol. The van der Waals surface area contributed by atoms with Gasteiger partial charge in [-0.15, -0.1) is 0 Å². The van der Waals surface area contributed by atoms with Gasteiger partial charge in [0.1, 0.15) is 0 Å². The number of rotatable bonds is 4. The molecular weight excluding hydrogens is 340 g/mol. The van der Waals surface area contributed by atoms with Crippen LogP contribution in [0.1, 0.15) is 37.1 Å². The SMILES string of the molecule is CC#N.Nc1c(CCBr)nc(-c2ccccc2)nc1C1CC1. The molecule has 0 radical (unpaired) electrons. The Morgan fingerprint density at radius 2 is 1.91 bits per heavy atom. The average molecular weight is 359 g/mol. The molecule has 4 nitrogen and oxygen atoms in total. The third kappa shape index (κ3) is 4.05. The number of alkyl halides is 1. The second-order valence-corrected chi connectivity index (χ2v) is 5.89. The number of nitrogens with zero attached hydrogens (tertiary/aromatic N) is 3. The minimum atomic E-state index is 0.541. The van der Waals surface area contributed by atoms with E-state index in [0.29, 0.717) is 5.92 Å². The first-order valence-corrected chi connectivity index (χ1v) is 8.41. The summed E-state index contributed by atoms with van der Waals surface area (Å²) in [5.41, 5.74) is 10.1. The van der Waals surface area contributed by atoms with Gasteiger partial charge in [0.05, 0.1) is 23.1 Å². The fourth-order valence-electron chi connectivity index (χ4n) is 2.20. The molecule has 22 heavy (non-hydrogen) atoms. The largest absolute Gasteiger partial charge is 0.396 e. The second kappa shape index (κ2) is 7.90. The van der Waals surface area contributed by atoms with E-state index in [1.807, 2.05) is 30.3 Å². The number of hydrogen-bond acceptors (Lipinski definition) is 4. The van der Waals surface area contributed by atoms with Gasteiger partial charge in [0, 0.05) is 30.2 Å². The van der Waals surface area contributed by atoms with Crippen molar-refractivity contribution in [1.29, 1.82) is 5.26 Å². The average Bonchev–Trinajstić information content (AvgIpc) is 3.36. The number of anilines is 1. The van der Waals surface area contributed by atoms with Crippen molar-refractivity contribution in [2.45, 2.75) is 32.1 Å². The van der Waals surface area contributed by atoms with E-state index in [2.05, 4.69) is 20.9 Å². The summed E-state index contributed by atoms with van der Waals surface area (Å²) in [6, 6.07) is 11.9. The molecule has 114 valence electrons. The highest BCUT2D eigenvalue weighted by Gasteiger charge is 2.29. The summed E-state index contributed by atoms with van der Waals surface area (Å²) in [7, 11) is 0. The lowest BCUT2D eigenvalue weighted by atomic mass is 10.1. The number of halogens is 1. The van der Waals surface area contributed by atoms with Crippen molar-refractivity contribution < 1.29 is 0 Å². The highest BCUT2D eigenvalue weighted by atomic mass is 79.9. The maximum atomic E-state index is 7.32. The third-order valence-electron chi connectivity index (χ3n) is 3.38. The Labute approximate surface area is 139 Å². The van der Waals surface area contributed by atoms with Crippen LogP contribution in [-0.4, -0.2) is 15.3 Å². The van der Waals surface area contributed by atoms with E-state index in [4.69, 9.17) is 16.0 Å². The lowest BCUT2D eigenvalue weighted by molar-refractivity contribution is 0.950. The van der Waals surface area contributed by atoms with Gasteiger partial charge in [-0.3, -0.25) is 0 Å². The molecule has 0 amide bonds. The number of aryl methyl sites for hydroxylation is 1. The fraction of sp³-hybridized carbons (Fsp3) is 0.353. The van der Waals surface area contributed by atoms with E-state index < -0.39 is 0 Å². The Kier molecular flexibility index (Phi) is 5.91. The molecule has 0 spiro atoms. The molecular formula is C17H19BrN4. The molecule has 2 N–H and O–H groups in total. The zero-order valence-electron chi connectivity index (χ0n) is 12.6. The minimum absolute atomic E-state index is 0.541. The monoisotopic (exact) mass is 358 g/mol. The summed E-state index contributed by atoms with van der Waals surface area (Å²) < 4.78 is 0. The van der Waals surface area contributed by atoms with Gasteiger partial charge in [0.2, 0.25) is 0 Å². The van der Waals surface area contributed by atoms with Gasteiger partial charge in [0.15, 0.2) is 5.82 Å². The van der Waals surface area contributed by atoms with Crippen molar-refractivity contribution in [2.75, 3.05) is 11.1 Å². The zero-order chi connectivity index (χ0) is 15.9. The molecule has 2 aromatic rings. The van der Waals surface area contributed by atoms with Crippen LogP contribution in [0.25, 0.3) is 11.4 Å². The van der Waals surface area contributed by atoms with E-state index in [-0.39, 0.29) is 0 Å². The van der Waals surface area contributed by atoms with Crippen LogP contribution in [0.5, 0.6) is 0 Å². The molecule has 0 saturated heterocycles. The molecule has 1 aliphatic carbocycles. The molecule has 1 saturated carbocycles. The number of nitriles is 1. The van der Waals surface area contributed by atoms with Crippen LogP contribution in [0.4, 0.5) is 5.69 Å². The number of aromatic nitrogens is 2. The van der Waals surface area contributed by atoms with Gasteiger partial charge < -0.3 is 5.73 Å². The molecule has 0 bridgehead atoms. The van der Waals surface area contributed by atoms with Crippen molar-refractivity contribution in [3.8, 4) is 17.5 Å². The lowest BCUT2D eigenvalue weighted by Crippen LogP contribution is -2.07. The molecule has 1 fully saturated rings. The smallest absolute Gasteiger partial charge is 0.159 e. The molecule has 0 atom stereocenters. The van der Waals surface area contributed by atoms with Gasteiger partial charge in [-0.2, -0.15) is 5.26 Å². The van der Waals surface area contributed by atoms with Gasteiger partial charge >= 0.3 is 0 Å². The Morgan fingerprint density at radius 3 is 2.45 bits per heavy atom. The minimum Gasteiger partial charge on any atom is -0.396 e. The maximum Gasteiger partial charge on any atom is 0.159 e. The van der Waals surface area contributed by atoms with E-state index >= 15 is 0 Å². The van der Waals surface area contributed by atoms with Crippen LogP contribution in [-0.2, 0) is 6.42 Å². The molecule has 0 unspecified atom stereocenters. The Balaban J connectivity index is 0.000000545. The van der Waals surface area contributed by atoms with Crippen LogP contribution in [0, 0.1) is 11.3 Å². The quantitative estimate of drug-likeness (QED) is 0.835. The number of nitrogen functional groups attached to an aromatic ring is 1. The van der Waals surface area contributed by atoms with Gasteiger partial charge in [0.25, 0.3) is 0 Å². The molecule has 0 aliphatic heterocycles. The van der Waals surface area contributed by atoms with E-state index in [9.17, 15) is 0 Å². The standard InChI is InChI=1S/C15H16BrN3.C2H3N/c16-9-8-12-13(17)14(10-6-7-10)19-15(18-12)11-4-2-1-3-5-11;1-2-3/h1-5,10H,6-9,17H2;1H3. The third-order valence-corrected chi connectivity index (χ3v) is 3.78. The zero-order valence-corrected chi connectivity index (χ0v) is 14.2. The highest BCUT2D eigenvalue weighted by Crippen LogP contribution is 2.42. The maximum absolute atomic E-state index is 7.32. The van der Waals surface area contributed by atoms with Gasteiger partial charge in [-0.25, -0.2) is 9.97 Å². The van der Waals surface area contributed by atoms with E-state index in [1.165, 1.54) is 19.8 Å². The van der Waals surface area contributed by atoms with Gasteiger partial charge in [-0.1, -0.05) is 46.3 Å². The summed E-state index contributed by atoms with van der Waals surface area (Å²) in [6.07, 6.45) is 3.24. The van der Waals surface area contributed by atoms with Crippen molar-refractivity contribution in [2.24, 2.45) is 0 Å². The first-order valence-electron chi connectivity index (χ1n) is 7.29. The van der Waals surface area contributed by atoms with Crippen molar-refractivity contribution >= 4 is 21.6 Å². The Hall–Kier alpha value is -1.93. The topological polar surface area (TPSA) is 75.6 Å². The fourth-order valence-corrected chi connectivity index (χ4v) is 2.58. The molecule has 3 rings (SSSR count). The van der Waals surface area contributed by atoms with Crippen LogP contribution in [0.2, 0.25) is 0 Å². The summed E-state index contributed by atoms with van der Waals surface area (Å²) in [5, 5.41) is 8.19. The highest BCUT2D eigenvalue weighted by molar-refractivity contribution is 9.09. The van der Waals surface area contributed by atoms with E-state index in [1.54, 1.807) is 6.07 Å².